The average molecular weight is 458 g/mol. The van der Waals surface area contributed by atoms with Crippen molar-refractivity contribution >= 4 is 23.6 Å². The lowest BCUT2D eigenvalue weighted by Crippen LogP contribution is -2.42. The van der Waals surface area contributed by atoms with Crippen LogP contribution >= 0.6 is 11.8 Å². The minimum Gasteiger partial charge on any atom is -0.341 e. The predicted molar refractivity (Wildman–Crippen MR) is 124 cm³/mol. The van der Waals surface area contributed by atoms with Crippen molar-refractivity contribution in [1.29, 1.82) is 0 Å². The number of hydrogen-bond acceptors (Lipinski definition) is 5. The van der Waals surface area contributed by atoms with Gasteiger partial charge in [0.25, 0.3) is 0 Å². The second-order valence-electron chi connectivity index (χ2n) is 9.31. The van der Waals surface area contributed by atoms with Crippen molar-refractivity contribution < 1.29 is 9.18 Å². The lowest BCUT2D eigenvalue weighted by Gasteiger charge is -2.34. The molecule has 8 heteroatoms. The van der Waals surface area contributed by atoms with Crippen LogP contribution < -0.4 is 4.90 Å². The van der Waals surface area contributed by atoms with Gasteiger partial charge in [-0.05, 0) is 56.2 Å². The summed E-state index contributed by atoms with van der Waals surface area (Å²) in [6.45, 7) is 2.63. The van der Waals surface area contributed by atoms with Crippen LogP contribution in [0.1, 0.15) is 69.4 Å². The number of nitrogens with zero attached hydrogens (tertiary/aromatic N) is 5. The maximum Gasteiger partial charge on any atom is 0.233 e. The fourth-order valence-corrected chi connectivity index (χ4v) is 5.85. The molecule has 1 aliphatic heterocycles. The molecular weight excluding hydrogens is 425 g/mol. The van der Waals surface area contributed by atoms with Gasteiger partial charge in [0.2, 0.25) is 11.9 Å². The fraction of sp³-hybridized carbons (Fsp3) is 0.625. The Morgan fingerprint density at radius 2 is 1.72 bits per heavy atom. The van der Waals surface area contributed by atoms with Crippen molar-refractivity contribution in [2.24, 2.45) is 0 Å². The number of carbonyl (C=O) groups excluding carboxylic acids is 1. The zero-order valence-corrected chi connectivity index (χ0v) is 19.4. The molecule has 1 amide bonds. The molecule has 2 heterocycles. The Bertz CT molecular complexity index is 917. The summed E-state index contributed by atoms with van der Waals surface area (Å²) in [6.07, 6.45) is 10.4. The van der Waals surface area contributed by atoms with E-state index in [1.165, 1.54) is 68.8 Å². The Hall–Kier alpha value is -2.09. The van der Waals surface area contributed by atoms with E-state index in [9.17, 15) is 9.18 Å². The number of thioether (sulfide) groups is 1. The van der Waals surface area contributed by atoms with Gasteiger partial charge in [-0.15, -0.1) is 10.2 Å². The summed E-state index contributed by atoms with van der Waals surface area (Å²) in [6, 6.07) is 7.28. The van der Waals surface area contributed by atoms with Gasteiger partial charge in [-0.3, -0.25) is 9.36 Å². The highest BCUT2D eigenvalue weighted by Crippen LogP contribution is 2.41. The second kappa shape index (κ2) is 9.81. The normalized spacial score (nSPS) is 19.5. The number of aromatic nitrogens is 3. The summed E-state index contributed by atoms with van der Waals surface area (Å²) in [5, 5.41) is 9.86. The van der Waals surface area contributed by atoms with Gasteiger partial charge in [0.15, 0.2) is 5.16 Å². The van der Waals surface area contributed by atoms with Gasteiger partial charge < -0.3 is 9.80 Å². The van der Waals surface area contributed by atoms with E-state index < -0.39 is 0 Å². The van der Waals surface area contributed by atoms with Gasteiger partial charge in [-0.1, -0.05) is 43.2 Å². The lowest BCUT2D eigenvalue weighted by molar-refractivity contribution is -0.132. The number of hydrogen-bond donors (Lipinski definition) is 0. The van der Waals surface area contributed by atoms with Crippen LogP contribution in [0.5, 0.6) is 0 Å². The van der Waals surface area contributed by atoms with Crippen LogP contribution in [0.4, 0.5) is 10.3 Å². The maximum atomic E-state index is 13.4. The standard InChI is InChI=1S/C24H32FN5OS/c25-19-10-8-18(9-11-19)16-29(20-6-2-1-3-7-20)22(31)17-32-24-27-26-23(28-14-4-5-15-28)30(24)21-12-13-21/h8-11,20-21H,1-7,12-17H2. The predicted octanol–water partition coefficient (Wildman–Crippen LogP) is 4.81. The van der Waals surface area contributed by atoms with Crippen LogP contribution in [-0.2, 0) is 11.3 Å². The van der Waals surface area contributed by atoms with E-state index in [0.29, 0.717) is 18.3 Å². The average Bonchev–Trinajstić information content (AvgIpc) is 3.33. The van der Waals surface area contributed by atoms with E-state index >= 15 is 0 Å². The largest absolute Gasteiger partial charge is 0.341 e. The molecule has 2 saturated carbocycles. The highest BCUT2D eigenvalue weighted by Gasteiger charge is 2.33. The summed E-state index contributed by atoms with van der Waals surface area (Å²) in [7, 11) is 0. The molecule has 0 radical (unpaired) electrons. The van der Waals surface area contributed by atoms with Crippen LogP contribution in [0.2, 0.25) is 0 Å². The molecule has 0 unspecified atom stereocenters. The van der Waals surface area contributed by atoms with Crippen LogP contribution in [0.15, 0.2) is 29.4 Å². The van der Waals surface area contributed by atoms with Crippen LogP contribution in [0, 0.1) is 5.82 Å². The Morgan fingerprint density at radius 1 is 1.00 bits per heavy atom. The van der Waals surface area contributed by atoms with Crippen LogP contribution in [-0.4, -0.2) is 50.5 Å². The van der Waals surface area contributed by atoms with Gasteiger partial charge >= 0.3 is 0 Å². The number of anilines is 1. The molecule has 32 heavy (non-hydrogen) atoms. The molecule has 172 valence electrons. The molecule has 1 saturated heterocycles. The summed E-state index contributed by atoms with van der Waals surface area (Å²) in [4.78, 5) is 17.8. The summed E-state index contributed by atoms with van der Waals surface area (Å²) >= 11 is 1.52. The first-order valence-corrected chi connectivity index (χ1v) is 13.0. The van der Waals surface area contributed by atoms with Crippen molar-refractivity contribution in [1.82, 2.24) is 19.7 Å². The zero-order valence-electron chi connectivity index (χ0n) is 18.6. The molecule has 0 bridgehead atoms. The molecular formula is C24H32FN5OS. The third kappa shape index (κ3) is 4.95. The second-order valence-corrected chi connectivity index (χ2v) is 10.2. The first kappa shape index (κ1) is 21.7. The van der Waals surface area contributed by atoms with Gasteiger partial charge in [-0.2, -0.15) is 0 Å². The lowest BCUT2D eigenvalue weighted by atomic mass is 9.94. The molecule has 0 N–H and O–H groups in total. The maximum absolute atomic E-state index is 13.4. The van der Waals surface area contributed by atoms with Gasteiger partial charge in [0.05, 0.1) is 5.75 Å². The number of carbonyl (C=O) groups is 1. The molecule has 3 fully saturated rings. The van der Waals surface area contributed by atoms with E-state index in [0.717, 1.165) is 42.6 Å². The first-order valence-electron chi connectivity index (χ1n) is 12.1. The molecule has 5 rings (SSSR count). The number of amides is 1. The van der Waals surface area contributed by atoms with E-state index in [4.69, 9.17) is 0 Å². The zero-order chi connectivity index (χ0) is 21.9. The highest BCUT2D eigenvalue weighted by molar-refractivity contribution is 7.99. The van der Waals surface area contributed by atoms with E-state index in [2.05, 4.69) is 19.7 Å². The molecule has 2 aromatic rings. The molecule has 0 spiro atoms. The van der Waals surface area contributed by atoms with Crippen molar-refractivity contribution in [3.8, 4) is 0 Å². The van der Waals surface area contributed by atoms with Crippen molar-refractivity contribution in [2.45, 2.75) is 81.6 Å². The summed E-state index contributed by atoms with van der Waals surface area (Å²) < 4.78 is 15.6. The Labute approximate surface area is 193 Å². The van der Waals surface area contributed by atoms with Gasteiger partial charge in [0, 0.05) is 31.7 Å². The molecule has 3 aliphatic rings. The Balaban J connectivity index is 1.29. The Morgan fingerprint density at radius 3 is 2.41 bits per heavy atom. The van der Waals surface area contributed by atoms with E-state index in [1.54, 1.807) is 12.1 Å². The third-order valence-electron chi connectivity index (χ3n) is 6.87. The molecule has 1 aromatic heterocycles. The smallest absolute Gasteiger partial charge is 0.233 e. The summed E-state index contributed by atoms with van der Waals surface area (Å²) in [5.74, 6) is 1.24. The van der Waals surface area contributed by atoms with Gasteiger partial charge in [-0.25, -0.2) is 4.39 Å². The van der Waals surface area contributed by atoms with Crippen LogP contribution in [0.3, 0.4) is 0 Å². The molecule has 1 aromatic carbocycles. The van der Waals surface area contributed by atoms with E-state index in [-0.39, 0.29) is 17.8 Å². The number of halogens is 1. The third-order valence-corrected chi connectivity index (χ3v) is 7.80. The van der Waals surface area contributed by atoms with Crippen LogP contribution in [0.25, 0.3) is 0 Å². The minimum atomic E-state index is -0.243. The van der Waals surface area contributed by atoms with Gasteiger partial charge in [0.1, 0.15) is 5.82 Å². The van der Waals surface area contributed by atoms with E-state index in [1.807, 2.05) is 4.90 Å². The minimum absolute atomic E-state index is 0.138. The molecule has 6 nitrogen and oxygen atoms in total. The monoisotopic (exact) mass is 457 g/mol. The summed E-state index contributed by atoms with van der Waals surface area (Å²) in [5.41, 5.74) is 0.979. The number of rotatable bonds is 8. The molecule has 2 aliphatic carbocycles. The first-order chi connectivity index (χ1) is 15.7. The molecule has 0 atom stereocenters. The fourth-order valence-electron chi connectivity index (χ4n) is 4.96. The SMILES string of the molecule is O=C(CSc1nnc(N2CCCC2)n1C1CC1)N(Cc1ccc(F)cc1)C1CCCCC1. The highest BCUT2D eigenvalue weighted by atomic mass is 32.2. The van der Waals surface area contributed by atoms with Crippen molar-refractivity contribution in [2.75, 3.05) is 23.7 Å². The van der Waals surface area contributed by atoms with Crippen molar-refractivity contribution in [3.63, 3.8) is 0 Å². The quantitative estimate of drug-likeness (QED) is 0.533. The number of benzene rings is 1. The topological polar surface area (TPSA) is 54.3 Å². The van der Waals surface area contributed by atoms with Crippen molar-refractivity contribution in [3.05, 3.63) is 35.6 Å². The Kier molecular flexibility index (Phi) is 6.67.